The van der Waals surface area contributed by atoms with Crippen LogP contribution in [0.1, 0.15) is 29.8 Å². The number of carbonyl (C=O) groups is 1. The number of halogens is 1. The summed E-state index contributed by atoms with van der Waals surface area (Å²) in [6.45, 7) is 6.81. The predicted octanol–water partition coefficient (Wildman–Crippen LogP) is 3.33. The van der Waals surface area contributed by atoms with Gasteiger partial charge in [-0.25, -0.2) is 12.8 Å². The first-order valence-corrected chi connectivity index (χ1v) is 12.4. The number of hydrogen-bond donors (Lipinski definition) is 0. The Morgan fingerprint density at radius 3 is 2.55 bits per heavy atom. The van der Waals surface area contributed by atoms with Crippen molar-refractivity contribution in [3.63, 3.8) is 0 Å². The van der Waals surface area contributed by atoms with Crippen molar-refractivity contribution in [2.24, 2.45) is 5.92 Å². The fourth-order valence-corrected chi connectivity index (χ4v) is 5.22. The van der Waals surface area contributed by atoms with Crippen LogP contribution in [0.4, 0.5) is 4.39 Å². The zero-order valence-corrected chi connectivity index (χ0v) is 20.3. The van der Waals surface area contributed by atoms with Crippen molar-refractivity contribution in [3.8, 4) is 5.75 Å². The van der Waals surface area contributed by atoms with Crippen LogP contribution >= 0.6 is 0 Å². The Bertz CT molecular complexity index is 1070. The van der Waals surface area contributed by atoms with Gasteiger partial charge in [0.2, 0.25) is 10.0 Å². The molecule has 2 aromatic rings. The van der Waals surface area contributed by atoms with Gasteiger partial charge in [-0.2, -0.15) is 4.31 Å². The lowest BCUT2D eigenvalue weighted by molar-refractivity contribution is -0.0186. The first-order chi connectivity index (χ1) is 15.6. The van der Waals surface area contributed by atoms with E-state index in [0.29, 0.717) is 23.4 Å². The van der Waals surface area contributed by atoms with Crippen molar-refractivity contribution < 1.29 is 27.1 Å². The van der Waals surface area contributed by atoms with Crippen molar-refractivity contribution in [1.29, 1.82) is 0 Å². The predicted molar refractivity (Wildman–Crippen MR) is 123 cm³/mol. The Kier molecular flexibility index (Phi) is 8.10. The zero-order valence-electron chi connectivity index (χ0n) is 19.5. The van der Waals surface area contributed by atoms with Crippen LogP contribution in [0.15, 0.2) is 47.4 Å². The molecule has 1 saturated heterocycles. The van der Waals surface area contributed by atoms with Gasteiger partial charge in [0.15, 0.2) is 0 Å². The van der Waals surface area contributed by atoms with Gasteiger partial charge in [0.1, 0.15) is 11.6 Å². The minimum atomic E-state index is -3.88. The van der Waals surface area contributed by atoms with Gasteiger partial charge in [-0.05, 0) is 54.8 Å². The number of aryl methyl sites for hydroxylation is 1. The summed E-state index contributed by atoms with van der Waals surface area (Å²) in [7, 11) is -2.31. The lowest BCUT2D eigenvalue weighted by atomic mass is 10.1. The third-order valence-corrected chi connectivity index (χ3v) is 7.38. The standard InChI is InChI=1S/C24H31FN2O5S/c1-17(2)14-26(24(28)19-6-8-20(31-4)9-7-19)15-21-16-27(11-12-32-21)33(29,30)22-10-5-18(3)23(25)13-22/h5-10,13,17,21H,11-12,14-16H2,1-4H3. The van der Waals surface area contributed by atoms with Crippen LogP contribution in [0, 0.1) is 18.7 Å². The molecular weight excluding hydrogens is 447 g/mol. The van der Waals surface area contributed by atoms with Gasteiger partial charge >= 0.3 is 0 Å². The van der Waals surface area contributed by atoms with E-state index in [0.717, 1.165) is 6.07 Å². The molecule has 1 aliphatic rings. The van der Waals surface area contributed by atoms with Crippen LogP contribution < -0.4 is 4.74 Å². The second kappa shape index (κ2) is 10.6. The third kappa shape index (κ3) is 6.10. The average molecular weight is 479 g/mol. The molecule has 1 fully saturated rings. The van der Waals surface area contributed by atoms with Crippen LogP contribution in [0.25, 0.3) is 0 Å². The summed E-state index contributed by atoms with van der Waals surface area (Å²) < 4.78 is 52.4. The second-order valence-electron chi connectivity index (χ2n) is 8.60. The Morgan fingerprint density at radius 2 is 1.94 bits per heavy atom. The highest BCUT2D eigenvalue weighted by atomic mass is 32.2. The van der Waals surface area contributed by atoms with Gasteiger partial charge in [0.25, 0.3) is 5.91 Å². The van der Waals surface area contributed by atoms with Crippen molar-refractivity contribution in [2.75, 3.05) is 39.9 Å². The van der Waals surface area contributed by atoms with Gasteiger partial charge in [0, 0.05) is 31.7 Å². The molecule has 0 saturated carbocycles. The third-order valence-electron chi connectivity index (χ3n) is 5.52. The maximum atomic E-state index is 14.0. The number of rotatable bonds is 8. The molecule has 3 rings (SSSR count). The summed E-state index contributed by atoms with van der Waals surface area (Å²) >= 11 is 0. The highest BCUT2D eigenvalue weighted by Gasteiger charge is 2.33. The highest BCUT2D eigenvalue weighted by molar-refractivity contribution is 7.89. The number of morpholine rings is 1. The normalized spacial score (nSPS) is 17.2. The van der Waals surface area contributed by atoms with E-state index in [1.165, 1.54) is 16.4 Å². The number of nitrogens with zero attached hydrogens (tertiary/aromatic N) is 2. The van der Waals surface area contributed by atoms with Crippen molar-refractivity contribution in [2.45, 2.75) is 31.8 Å². The van der Waals surface area contributed by atoms with Gasteiger partial charge in [-0.1, -0.05) is 19.9 Å². The lowest BCUT2D eigenvalue weighted by Crippen LogP contribution is -2.51. The van der Waals surface area contributed by atoms with E-state index in [9.17, 15) is 17.6 Å². The average Bonchev–Trinajstić information content (AvgIpc) is 2.80. The Labute approximate surface area is 195 Å². The van der Waals surface area contributed by atoms with E-state index in [1.54, 1.807) is 43.2 Å². The molecule has 9 heteroatoms. The molecule has 0 aliphatic carbocycles. The number of amides is 1. The van der Waals surface area contributed by atoms with Crippen molar-refractivity contribution in [1.82, 2.24) is 9.21 Å². The minimum absolute atomic E-state index is 0.0837. The first kappa shape index (κ1) is 25.1. The molecule has 0 radical (unpaired) electrons. The maximum Gasteiger partial charge on any atom is 0.253 e. The summed E-state index contributed by atoms with van der Waals surface area (Å²) in [5.74, 6) is 0.154. The number of carbonyl (C=O) groups excluding carboxylic acids is 1. The molecule has 7 nitrogen and oxygen atoms in total. The van der Waals surface area contributed by atoms with Gasteiger partial charge in [-0.15, -0.1) is 0 Å². The fourth-order valence-electron chi connectivity index (χ4n) is 3.75. The fraction of sp³-hybridized carbons (Fsp3) is 0.458. The largest absolute Gasteiger partial charge is 0.497 e. The summed E-state index contributed by atoms with van der Waals surface area (Å²) in [5, 5.41) is 0. The van der Waals surface area contributed by atoms with Gasteiger partial charge in [0.05, 0.1) is 24.7 Å². The zero-order chi connectivity index (χ0) is 24.2. The van der Waals surface area contributed by atoms with E-state index >= 15 is 0 Å². The molecule has 1 heterocycles. The van der Waals surface area contributed by atoms with Crippen molar-refractivity contribution >= 4 is 15.9 Å². The number of benzene rings is 2. The van der Waals surface area contributed by atoms with Crippen LogP contribution in [0.5, 0.6) is 5.75 Å². The molecule has 1 atom stereocenters. The second-order valence-corrected chi connectivity index (χ2v) is 10.5. The summed E-state index contributed by atoms with van der Waals surface area (Å²) in [6, 6.07) is 10.8. The quantitative estimate of drug-likeness (QED) is 0.582. The van der Waals surface area contributed by atoms with E-state index in [-0.39, 0.29) is 43.0 Å². The molecule has 1 amide bonds. The number of sulfonamides is 1. The monoisotopic (exact) mass is 478 g/mol. The number of ether oxygens (including phenoxy) is 2. The molecular formula is C24H31FN2O5S. The summed E-state index contributed by atoms with van der Waals surface area (Å²) in [4.78, 5) is 14.8. The first-order valence-electron chi connectivity index (χ1n) is 10.9. The highest BCUT2D eigenvalue weighted by Crippen LogP contribution is 2.22. The molecule has 0 aromatic heterocycles. The summed E-state index contributed by atoms with van der Waals surface area (Å²) in [6.07, 6.45) is -0.496. The van der Waals surface area contributed by atoms with Crippen LogP contribution in [0.2, 0.25) is 0 Å². The lowest BCUT2D eigenvalue weighted by Gasteiger charge is -2.35. The van der Waals surface area contributed by atoms with E-state index in [2.05, 4.69) is 0 Å². The Hall–Kier alpha value is -2.49. The van der Waals surface area contributed by atoms with Gasteiger partial charge in [-0.3, -0.25) is 4.79 Å². The SMILES string of the molecule is COc1ccc(C(=O)N(CC(C)C)CC2CN(S(=O)(=O)c3ccc(C)c(F)c3)CCO2)cc1. The summed E-state index contributed by atoms with van der Waals surface area (Å²) in [5.41, 5.74) is 0.905. The smallest absolute Gasteiger partial charge is 0.253 e. The molecule has 1 unspecified atom stereocenters. The van der Waals surface area contributed by atoms with Crippen LogP contribution in [0.3, 0.4) is 0 Å². The van der Waals surface area contributed by atoms with Crippen LogP contribution in [-0.4, -0.2) is 69.5 Å². The molecule has 0 bridgehead atoms. The Morgan fingerprint density at radius 1 is 1.24 bits per heavy atom. The molecule has 33 heavy (non-hydrogen) atoms. The van der Waals surface area contributed by atoms with Crippen LogP contribution in [-0.2, 0) is 14.8 Å². The number of hydrogen-bond acceptors (Lipinski definition) is 5. The molecule has 0 N–H and O–H groups in total. The molecule has 180 valence electrons. The molecule has 0 spiro atoms. The molecule has 1 aliphatic heterocycles. The van der Waals surface area contributed by atoms with E-state index in [1.807, 2.05) is 13.8 Å². The molecule has 2 aromatic carbocycles. The van der Waals surface area contributed by atoms with Gasteiger partial charge < -0.3 is 14.4 Å². The van der Waals surface area contributed by atoms with Crippen molar-refractivity contribution in [3.05, 3.63) is 59.4 Å². The number of methoxy groups -OCH3 is 1. The van der Waals surface area contributed by atoms with E-state index < -0.39 is 21.9 Å². The minimum Gasteiger partial charge on any atom is -0.497 e. The maximum absolute atomic E-state index is 14.0. The van der Waals surface area contributed by atoms with E-state index in [4.69, 9.17) is 9.47 Å². The Balaban J connectivity index is 1.76. The topological polar surface area (TPSA) is 76.2 Å².